The molecule has 0 unspecified atom stereocenters. The predicted octanol–water partition coefficient (Wildman–Crippen LogP) is 1.95. The number of benzene rings is 1. The van der Waals surface area contributed by atoms with Crippen molar-refractivity contribution in [2.45, 2.75) is 13.5 Å². The van der Waals surface area contributed by atoms with E-state index in [4.69, 9.17) is 0 Å². The van der Waals surface area contributed by atoms with Crippen LogP contribution in [-0.2, 0) is 6.54 Å². The lowest BCUT2D eigenvalue weighted by Crippen LogP contribution is -2.42. The molecular weight excluding hydrogens is 259 g/mol. The van der Waals surface area contributed by atoms with E-state index in [-0.39, 0.29) is 24.8 Å². The minimum absolute atomic E-state index is 0. The highest BCUT2D eigenvalue weighted by Crippen LogP contribution is 2.18. The topological polar surface area (TPSA) is 35.5 Å². The molecule has 1 saturated heterocycles. The summed E-state index contributed by atoms with van der Waals surface area (Å²) in [5.41, 5.74) is 2.14. The number of phenolic OH excluding ortho intramolecular Hbond substituents is 1. The van der Waals surface area contributed by atoms with Crippen LogP contribution in [0.25, 0.3) is 0 Å². The van der Waals surface area contributed by atoms with Gasteiger partial charge in [0.1, 0.15) is 5.75 Å². The number of hydrogen-bond acceptors (Lipinski definition) is 3. The van der Waals surface area contributed by atoms with Crippen LogP contribution in [0.1, 0.15) is 11.1 Å². The zero-order chi connectivity index (χ0) is 10.7. The zero-order valence-electron chi connectivity index (χ0n) is 9.98. The van der Waals surface area contributed by atoms with Gasteiger partial charge in [0.2, 0.25) is 0 Å². The molecule has 0 radical (unpaired) electrons. The molecule has 1 heterocycles. The van der Waals surface area contributed by atoms with E-state index in [1.54, 1.807) is 0 Å². The summed E-state index contributed by atoms with van der Waals surface area (Å²) in [5, 5.41) is 12.9. The van der Waals surface area contributed by atoms with Crippen LogP contribution in [-0.4, -0.2) is 36.2 Å². The Morgan fingerprint density at radius 2 is 1.88 bits per heavy atom. The molecule has 0 spiro atoms. The number of hydrogen-bond donors (Lipinski definition) is 2. The van der Waals surface area contributed by atoms with E-state index in [1.165, 1.54) is 5.56 Å². The van der Waals surface area contributed by atoms with Crippen molar-refractivity contribution in [1.29, 1.82) is 0 Å². The second kappa shape index (κ2) is 7.77. The van der Waals surface area contributed by atoms with E-state index < -0.39 is 0 Å². The molecule has 17 heavy (non-hydrogen) atoms. The van der Waals surface area contributed by atoms with Crippen molar-refractivity contribution in [2.75, 3.05) is 26.2 Å². The Kier molecular flexibility index (Phi) is 7.55. The third kappa shape index (κ3) is 4.72. The smallest absolute Gasteiger partial charge is 0.118 e. The molecule has 3 nitrogen and oxygen atoms in total. The second-order valence-electron chi connectivity index (χ2n) is 4.15. The van der Waals surface area contributed by atoms with Gasteiger partial charge in [0, 0.05) is 32.7 Å². The minimum atomic E-state index is 0. The highest BCUT2D eigenvalue weighted by Gasteiger charge is 2.10. The van der Waals surface area contributed by atoms with E-state index >= 15 is 0 Å². The molecule has 98 valence electrons. The number of halogens is 2. The maximum absolute atomic E-state index is 9.60. The molecule has 1 aliphatic rings. The van der Waals surface area contributed by atoms with Crippen molar-refractivity contribution in [3.63, 3.8) is 0 Å². The van der Waals surface area contributed by atoms with Gasteiger partial charge < -0.3 is 10.4 Å². The molecule has 0 aliphatic carbocycles. The highest BCUT2D eigenvalue weighted by atomic mass is 35.5. The van der Waals surface area contributed by atoms with Gasteiger partial charge in [0.05, 0.1) is 0 Å². The van der Waals surface area contributed by atoms with Crippen molar-refractivity contribution in [2.24, 2.45) is 0 Å². The molecule has 5 heteroatoms. The standard InChI is InChI=1S/C12H18N2O.2ClH/c1-10-2-3-11(8-12(10)15)9-14-6-4-13-5-7-14;;/h2-3,8,13,15H,4-7,9H2,1H3;2*1H. The van der Waals surface area contributed by atoms with E-state index in [0.717, 1.165) is 38.3 Å². The van der Waals surface area contributed by atoms with Crippen molar-refractivity contribution in [1.82, 2.24) is 10.2 Å². The van der Waals surface area contributed by atoms with Crippen LogP contribution in [0.4, 0.5) is 0 Å². The molecule has 0 saturated carbocycles. The fourth-order valence-corrected chi connectivity index (χ4v) is 1.88. The first-order valence-electron chi connectivity index (χ1n) is 5.47. The Bertz CT molecular complexity index is 341. The summed E-state index contributed by atoms with van der Waals surface area (Å²) >= 11 is 0. The minimum Gasteiger partial charge on any atom is -0.508 e. The maximum atomic E-state index is 9.60. The summed E-state index contributed by atoms with van der Waals surface area (Å²) in [6, 6.07) is 5.95. The fourth-order valence-electron chi connectivity index (χ4n) is 1.88. The van der Waals surface area contributed by atoms with E-state index in [2.05, 4.69) is 16.3 Å². The number of aryl methyl sites for hydroxylation is 1. The van der Waals surface area contributed by atoms with Crippen LogP contribution in [0.5, 0.6) is 5.75 Å². The quantitative estimate of drug-likeness (QED) is 0.868. The first kappa shape index (κ1) is 16.5. The van der Waals surface area contributed by atoms with Crippen LogP contribution < -0.4 is 5.32 Å². The molecular formula is C12H20Cl2N2O. The van der Waals surface area contributed by atoms with Gasteiger partial charge in [-0.05, 0) is 24.1 Å². The van der Waals surface area contributed by atoms with Gasteiger partial charge in [-0.25, -0.2) is 0 Å². The Balaban J connectivity index is 0.00000128. The van der Waals surface area contributed by atoms with Crippen molar-refractivity contribution in [3.05, 3.63) is 29.3 Å². The third-order valence-corrected chi connectivity index (χ3v) is 2.89. The second-order valence-corrected chi connectivity index (χ2v) is 4.15. The molecule has 0 aromatic heterocycles. The highest BCUT2D eigenvalue weighted by molar-refractivity contribution is 5.85. The summed E-state index contributed by atoms with van der Waals surface area (Å²) in [7, 11) is 0. The van der Waals surface area contributed by atoms with Crippen LogP contribution >= 0.6 is 24.8 Å². The largest absolute Gasteiger partial charge is 0.508 e. The summed E-state index contributed by atoms with van der Waals surface area (Å²) in [6.45, 7) is 7.18. The van der Waals surface area contributed by atoms with Gasteiger partial charge >= 0.3 is 0 Å². The first-order chi connectivity index (χ1) is 7.25. The Hall–Kier alpha value is -0.480. The monoisotopic (exact) mass is 278 g/mol. The molecule has 0 bridgehead atoms. The van der Waals surface area contributed by atoms with Gasteiger partial charge in [0.25, 0.3) is 0 Å². The maximum Gasteiger partial charge on any atom is 0.118 e. The third-order valence-electron chi connectivity index (χ3n) is 2.89. The number of aromatic hydroxyl groups is 1. The first-order valence-corrected chi connectivity index (χ1v) is 5.47. The normalized spacial score (nSPS) is 15.8. The molecule has 0 atom stereocenters. The molecule has 1 aliphatic heterocycles. The number of nitrogens with zero attached hydrogens (tertiary/aromatic N) is 1. The van der Waals surface area contributed by atoms with Gasteiger partial charge in [0.15, 0.2) is 0 Å². The summed E-state index contributed by atoms with van der Waals surface area (Å²) in [6.07, 6.45) is 0. The molecule has 2 rings (SSSR count). The zero-order valence-corrected chi connectivity index (χ0v) is 11.6. The van der Waals surface area contributed by atoms with Crippen molar-refractivity contribution in [3.8, 4) is 5.75 Å². The van der Waals surface area contributed by atoms with Crippen LogP contribution in [0.3, 0.4) is 0 Å². The molecule has 2 N–H and O–H groups in total. The lowest BCUT2D eigenvalue weighted by atomic mass is 10.1. The lowest BCUT2D eigenvalue weighted by molar-refractivity contribution is 0.233. The van der Waals surface area contributed by atoms with E-state index in [0.29, 0.717) is 5.75 Å². The lowest BCUT2D eigenvalue weighted by Gasteiger charge is -2.27. The fraction of sp³-hybridized carbons (Fsp3) is 0.500. The van der Waals surface area contributed by atoms with Gasteiger partial charge in [-0.2, -0.15) is 0 Å². The van der Waals surface area contributed by atoms with Crippen LogP contribution in [0, 0.1) is 6.92 Å². The average molecular weight is 279 g/mol. The van der Waals surface area contributed by atoms with Gasteiger partial charge in [-0.1, -0.05) is 12.1 Å². The van der Waals surface area contributed by atoms with E-state index in [9.17, 15) is 5.11 Å². The van der Waals surface area contributed by atoms with Crippen LogP contribution in [0.15, 0.2) is 18.2 Å². The Morgan fingerprint density at radius 3 is 2.47 bits per heavy atom. The number of nitrogens with one attached hydrogen (secondary N) is 1. The van der Waals surface area contributed by atoms with Gasteiger partial charge in [-0.3, -0.25) is 4.90 Å². The van der Waals surface area contributed by atoms with Crippen molar-refractivity contribution < 1.29 is 5.11 Å². The van der Waals surface area contributed by atoms with E-state index in [1.807, 2.05) is 19.1 Å². The number of phenols is 1. The molecule has 1 aromatic rings. The van der Waals surface area contributed by atoms with Gasteiger partial charge in [-0.15, -0.1) is 24.8 Å². The molecule has 1 fully saturated rings. The molecule has 1 aromatic carbocycles. The average Bonchev–Trinajstić information content (AvgIpc) is 2.25. The summed E-state index contributed by atoms with van der Waals surface area (Å²) in [4.78, 5) is 2.40. The predicted molar refractivity (Wildman–Crippen MR) is 75.5 cm³/mol. The Morgan fingerprint density at radius 1 is 1.24 bits per heavy atom. The van der Waals surface area contributed by atoms with Crippen molar-refractivity contribution >= 4 is 24.8 Å². The summed E-state index contributed by atoms with van der Waals surface area (Å²) < 4.78 is 0. The SMILES string of the molecule is Cc1ccc(CN2CCNCC2)cc1O.Cl.Cl. The van der Waals surface area contributed by atoms with Crippen LogP contribution in [0.2, 0.25) is 0 Å². The number of rotatable bonds is 2. The Labute approximate surface area is 115 Å². The summed E-state index contributed by atoms with van der Waals surface area (Å²) in [5.74, 6) is 0.405. The number of piperazine rings is 1. The molecule has 0 amide bonds.